The van der Waals surface area contributed by atoms with E-state index in [0.29, 0.717) is 38.8 Å². The Kier molecular flexibility index (Phi) is 9.99. The van der Waals surface area contributed by atoms with Crippen LogP contribution in [0.2, 0.25) is 0 Å². The predicted molar refractivity (Wildman–Crippen MR) is 165 cm³/mol. The highest BCUT2D eigenvalue weighted by Crippen LogP contribution is 2.65. The summed E-state index contributed by atoms with van der Waals surface area (Å²) < 4.78 is 6.99. The molecule has 230 valence electrons. The Morgan fingerprint density at radius 2 is 1.81 bits per heavy atom. The van der Waals surface area contributed by atoms with E-state index >= 15 is 0 Å². The minimum atomic E-state index is -1.14. The fraction of sp³-hybridized carbons (Fsp3) is 0.618. The molecule has 0 aliphatic carbocycles. The van der Waals surface area contributed by atoms with Gasteiger partial charge in [-0.25, -0.2) is 0 Å². The smallest absolute Gasteiger partial charge is 0.248 e. The van der Waals surface area contributed by atoms with E-state index in [9.17, 15) is 19.5 Å². The Hall–Kier alpha value is -2.97. The Labute approximate surface area is 251 Å². The first kappa shape index (κ1) is 32.0. The van der Waals surface area contributed by atoms with Crippen LogP contribution in [0.25, 0.3) is 0 Å². The molecule has 3 amide bonds. The normalized spacial score (nSPS) is 28.6. The number of unbranched alkanes of at least 4 members (excludes halogenated alkanes) is 1. The first-order chi connectivity index (χ1) is 20.2. The summed E-state index contributed by atoms with van der Waals surface area (Å²) in [5.41, 5.74) is -1.27. The summed E-state index contributed by atoms with van der Waals surface area (Å²) in [5, 5.41) is 10.6. The quantitative estimate of drug-likeness (QED) is 0.307. The summed E-state index contributed by atoms with van der Waals surface area (Å²) in [5.74, 6) is -2.03. The molecule has 1 aromatic rings. The number of para-hydroxylation sites is 1. The first-order valence-corrected chi connectivity index (χ1v) is 15.7. The molecule has 4 rings (SSSR count). The highest BCUT2D eigenvalue weighted by Gasteiger charge is 2.79. The monoisotopic (exact) mass is 579 g/mol. The van der Waals surface area contributed by atoms with Crippen LogP contribution >= 0.6 is 0 Å². The molecule has 0 saturated carbocycles. The number of amides is 3. The Morgan fingerprint density at radius 3 is 2.38 bits per heavy atom. The summed E-state index contributed by atoms with van der Waals surface area (Å²) in [7, 11) is 0. The Bertz CT molecular complexity index is 1160. The van der Waals surface area contributed by atoms with Gasteiger partial charge in [0.2, 0.25) is 17.7 Å². The number of likely N-dealkylation sites (tertiary alicyclic amines) is 1. The Morgan fingerprint density at radius 1 is 1.12 bits per heavy atom. The molecule has 1 aromatic carbocycles. The van der Waals surface area contributed by atoms with Crippen molar-refractivity contribution >= 4 is 23.4 Å². The van der Waals surface area contributed by atoms with Gasteiger partial charge < -0.3 is 24.5 Å². The molecular formula is C34H49N3O5. The molecule has 2 bridgehead atoms. The lowest BCUT2D eigenvalue weighted by Crippen LogP contribution is -2.59. The molecule has 1 N–H and O–H groups in total. The van der Waals surface area contributed by atoms with Gasteiger partial charge in [0, 0.05) is 25.3 Å². The maximum absolute atomic E-state index is 14.7. The minimum Gasteiger partial charge on any atom is -0.394 e. The van der Waals surface area contributed by atoms with Crippen molar-refractivity contribution in [3.05, 3.63) is 55.6 Å². The number of aliphatic hydroxyl groups excluding tert-OH is 1. The third-order valence-corrected chi connectivity index (χ3v) is 9.55. The highest BCUT2D eigenvalue weighted by atomic mass is 16.5. The fourth-order valence-corrected chi connectivity index (χ4v) is 7.72. The van der Waals surface area contributed by atoms with E-state index in [4.69, 9.17) is 4.74 Å². The van der Waals surface area contributed by atoms with Gasteiger partial charge in [-0.2, -0.15) is 0 Å². The lowest BCUT2D eigenvalue weighted by atomic mass is 9.64. The van der Waals surface area contributed by atoms with Crippen LogP contribution in [0.15, 0.2) is 55.6 Å². The van der Waals surface area contributed by atoms with Crippen molar-refractivity contribution in [1.29, 1.82) is 0 Å². The summed E-state index contributed by atoms with van der Waals surface area (Å²) in [6.45, 7) is 16.8. The van der Waals surface area contributed by atoms with E-state index in [-0.39, 0.29) is 36.8 Å². The van der Waals surface area contributed by atoms with Crippen LogP contribution in [-0.4, -0.2) is 82.2 Å². The van der Waals surface area contributed by atoms with Crippen molar-refractivity contribution in [2.24, 2.45) is 17.8 Å². The van der Waals surface area contributed by atoms with Crippen LogP contribution in [0.4, 0.5) is 5.69 Å². The second-order valence-corrected chi connectivity index (χ2v) is 12.5. The molecule has 3 fully saturated rings. The molecule has 8 nitrogen and oxygen atoms in total. The number of ether oxygens (including phenoxy) is 1. The molecule has 8 heteroatoms. The van der Waals surface area contributed by atoms with Crippen LogP contribution < -0.4 is 4.90 Å². The molecular weight excluding hydrogens is 530 g/mol. The van der Waals surface area contributed by atoms with Crippen LogP contribution in [-0.2, 0) is 19.1 Å². The molecule has 3 aliphatic rings. The van der Waals surface area contributed by atoms with Gasteiger partial charge >= 0.3 is 0 Å². The van der Waals surface area contributed by atoms with E-state index in [1.807, 2.05) is 51.1 Å². The highest BCUT2D eigenvalue weighted by molar-refractivity contribution is 6.03. The van der Waals surface area contributed by atoms with Gasteiger partial charge in [-0.3, -0.25) is 14.4 Å². The summed E-state index contributed by atoms with van der Waals surface area (Å²) in [6, 6.07) is 7.94. The molecule has 3 saturated heterocycles. The minimum absolute atomic E-state index is 0.186. The topological polar surface area (TPSA) is 90.4 Å². The van der Waals surface area contributed by atoms with Gasteiger partial charge in [-0.15, -0.1) is 13.2 Å². The van der Waals surface area contributed by atoms with Gasteiger partial charge in [-0.1, -0.05) is 64.5 Å². The number of hydrogen-bond acceptors (Lipinski definition) is 5. The molecule has 3 aliphatic heterocycles. The number of hydrogen-bond donors (Lipinski definition) is 1. The predicted octanol–water partition coefficient (Wildman–Crippen LogP) is 4.58. The number of benzene rings is 1. The van der Waals surface area contributed by atoms with Gasteiger partial charge in [0.25, 0.3) is 0 Å². The molecule has 3 heterocycles. The maximum Gasteiger partial charge on any atom is 0.248 e. The second-order valence-electron chi connectivity index (χ2n) is 12.5. The molecule has 2 unspecified atom stereocenters. The number of carbonyl (C=O) groups excluding carboxylic acids is 3. The fourth-order valence-electron chi connectivity index (χ4n) is 7.72. The van der Waals surface area contributed by atoms with Crippen molar-refractivity contribution < 1.29 is 24.2 Å². The van der Waals surface area contributed by atoms with E-state index in [0.717, 1.165) is 18.5 Å². The van der Waals surface area contributed by atoms with Crippen molar-refractivity contribution in [2.75, 3.05) is 31.1 Å². The van der Waals surface area contributed by atoms with Crippen LogP contribution in [0, 0.1) is 17.8 Å². The van der Waals surface area contributed by atoms with Crippen molar-refractivity contribution in [3.63, 3.8) is 0 Å². The summed E-state index contributed by atoms with van der Waals surface area (Å²) in [4.78, 5) is 49.0. The Balaban J connectivity index is 1.85. The zero-order chi connectivity index (χ0) is 30.7. The number of anilines is 1. The molecule has 1 spiro atoms. The SMILES string of the molecule is C=CCN(CCCC)C(=O)C1N([C@@H](CO)CC(C)C)C(=O)[C@@H]2[C@@H](C(=O)N(CC=C)c3ccccc3)[C@@]3(CC)CCC12O3. The molecule has 42 heavy (non-hydrogen) atoms. The molecule has 0 aromatic heterocycles. The second kappa shape index (κ2) is 13.1. The molecule has 6 atom stereocenters. The summed E-state index contributed by atoms with van der Waals surface area (Å²) >= 11 is 0. The average Bonchev–Trinajstić information content (AvgIpc) is 3.60. The standard InChI is InChI=1S/C34H49N3O5/c1-7-11-21-35(19-8-2)32(41)29-34-18-17-33(10-4,42-34)27(28(34)31(40)37(29)26(23-38)22-24(5)6)30(39)36(20-9-3)25-15-13-12-14-16-25/h8-9,12-16,24,26-29,38H,2-3,7,10-11,17-23H2,1,4-6H3/t26-,27+,28+,29?,33-,34?/m1/s1. The number of carbonyl (C=O) groups is 3. The zero-order valence-electron chi connectivity index (χ0n) is 25.8. The number of rotatable bonds is 15. The van der Waals surface area contributed by atoms with Gasteiger partial charge in [0.05, 0.1) is 30.1 Å². The number of fused-ring (bicyclic) bond motifs is 1. The lowest BCUT2D eigenvalue weighted by Gasteiger charge is -2.40. The van der Waals surface area contributed by atoms with Gasteiger partial charge in [-0.05, 0) is 50.2 Å². The van der Waals surface area contributed by atoms with Gasteiger partial charge in [0.15, 0.2) is 0 Å². The van der Waals surface area contributed by atoms with Crippen molar-refractivity contribution in [2.45, 2.75) is 89.5 Å². The zero-order valence-corrected chi connectivity index (χ0v) is 25.8. The van der Waals surface area contributed by atoms with E-state index in [1.54, 1.807) is 26.9 Å². The van der Waals surface area contributed by atoms with Crippen LogP contribution in [0.3, 0.4) is 0 Å². The van der Waals surface area contributed by atoms with Crippen molar-refractivity contribution in [1.82, 2.24) is 9.80 Å². The third-order valence-electron chi connectivity index (χ3n) is 9.55. The molecule has 0 radical (unpaired) electrons. The number of aliphatic hydroxyl groups is 1. The van der Waals surface area contributed by atoms with Crippen molar-refractivity contribution in [3.8, 4) is 0 Å². The lowest BCUT2D eigenvalue weighted by molar-refractivity contribution is -0.156. The third kappa shape index (κ3) is 5.32. The summed E-state index contributed by atoms with van der Waals surface area (Å²) in [6.07, 6.45) is 7.32. The maximum atomic E-state index is 14.7. The number of nitrogens with zero attached hydrogens (tertiary/aromatic N) is 3. The van der Waals surface area contributed by atoms with Gasteiger partial charge in [0.1, 0.15) is 11.6 Å². The van der Waals surface area contributed by atoms with E-state index < -0.39 is 35.1 Å². The van der Waals surface area contributed by atoms with E-state index in [1.165, 1.54) is 0 Å². The van der Waals surface area contributed by atoms with E-state index in [2.05, 4.69) is 20.1 Å². The van der Waals surface area contributed by atoms with Crippen LogP contribution in [0.1, 0.15) is 66.2 Å². The first-order valence-electron chi connectivity index (χ1n) is 15.7. The largest absolute Gasteiger partial charge is 0.394 e. The average molecular weight is 580 g/mol. The van der Waals surface area contributed by atoms with Crippen LogP contribution in [0.5, 0.6) is 0 Å².